The summed E-state index contributed by atoms with van der Waals surface area (Å²) in [5.74, 6) is 0. The van der Waals surface area contributed by atoms with E-state index in [9.17, 15) is 4.79 Å². The highest BCUT2D eigenvalue weighted by atomic mass is 32.1. The summed E-state index contributed by atoms with van der Waals surface area (Å²) in [6.07, 6.45) is 3.74. The maximum absolute atomic E-state index is 12.5. The van der Waals surface area contributed by atoms with Gasteiger partial charge in [-0.05, 0) is 40.0 Å². The third kappa shape index (κ3) is 2.37. The van der Waals surface area contributed by atoms with E-state index < -0.39 is 5.60 Å². The van der Waals surface area contributed by atoms with Crippen molar-refractivity contribution >= 4 is 22.6 Å². The zero-order valence-electron chi connectivity index (χ0n) is 12.2. The van der Waals surface area contributed by atoms with Crippen LogP contribution in [0.4, 0.5) is 9.93 Å². The Morgan fingerprint density at radius 2 is 2.20 bits per heavy atom. The number of hydrogen-bond donors (Lipinski definition) is 1. The monoisotopic (exact) mass is 295 g/mol. The van der Waals surface area contributed by atoms with Crippen LogP contribution in [0.25, 0.3) is 0 Å². The summed E-state index contributed by atoms with van der Waals surface area (Å²) in [7, 11) is 0. The molecule has 2 N–H and O–H groups in total. The molecule has 0 aliphatic carbocycles. The molecule has 110 valence electrons. The summed E-state index contributed by atoms with van der Waals surface area (Å²) in [4.78, 5) is 20.0. The molecule has 0 aromatic carbocycles. The van der Waals surface area contributed by atoms with E-state index in [-0.39, 0.29) is 18.2 Å². The van der Waals surface area contributed by atoms with Crippen molar-refractivity contribution in [2.75, 3.05) is 5.73 Å². The van der Waals surface area contributed by atoms with Crippen LogP contribution < -0.4 is 5.73 Å². The molecule has 0 saturated carbocycles. The number of ether oxygens (including phenoxy) is 1. The van der Waals surface area contributed by atoms with Crippen molar-refractivity contribution in [3.63, 3.8) is 0 Å². The lowest BCUT2D eigenvalue weighted by atomic mass is 9.86. The second-order valence-corrected chi connectivity index (χ2v) is 7.62. The number of fused-ring (bicyclic) bond motifs is 4. The van der Waals surface area contributed by atoms with E-state index in [0.29, 0.717) is 5.13 Å². The fraction of sp³-hybridized carbons (Fsp3) is 0.714. The van der Waals surface area contributed by atoms with Crippen LogP contribution in [0.1, 0.15) is 56.6 Å². The summed E-state index contributed by atoms with van der Waals surface area (Å²) in [5, 5.41) is 0.603. The number of amides is 1. The van der Waals surface area contributed by atoms with Crippen LogP contribution in [0.3, 0.4) is 0 Å². The SMILES string of the molecule is CC(C)(C)OC(=O)N1C2CCCC1c1sc(N)nc1C2. The number of carbonyl (C=O) groups is 1. The zero-order chi connectivity index (χ0) is 14.5. The molecule has 2 bridgehead atoms. The number of nitrogens with zero attached hydrogens (tertiary/aromatic N) is 2. The molecule has 1 aromatic heterocycles. The van der Waals surface area contributed by atoms with Crippen LogP contribution in [0.15, 0.2) is 0 Å². The number of hydrogen-bond acceptors (Lipinski definition) is 5. The van der Waals surface area contributed by atoms with Crippen LogP contribution in [-0.2, 0) is 11.2 Å². The van der Waals surface area contributed by atoms with E-state index in [0.717, 1.165) is 36.3 Å². The van der Waals surface area contributed by atoms with Gasteiger partial charge in [0.15, 0.2) is 5.13 Å². The first-order valence-electron chi connectivity index (χ1n) is 7.11. The van der Waals surface area contributed by atoms with Crippen LogP contribution >= 0.6 is 11.3 Å². The Morgan fingerprint density at radius 3 is 2.90 bits per heavy atom. The first kappa shape index (κ1) is 13.7. The molecule has 0 spiro atoms. The van der Waals surface area contributed by atoms with Gasteiger partial charge in [0, 0.05) is 12.5 Å². The van der Waals surface area contributed by atoms with Crippen molar-refractivity contribution in [3.8, 4) is 0 Å². The standard InChI is InChI=1S/C14H21N3O2S/c1-14(2,3)19-13(18)17-8-5-4-6-10(17)11-9(7-8)16-12(15)20-11/h8,10H,4-7H2,1-3H3,(H2,15,16). The summed E-state index contributed by atoms with van der Waals surface area (Å²) >= 11 is 1.52. The van der Waals surface area contributed by atoms with Crippen molar-refractivity contribution in [2.24, 2.45) is 0 Å². The van der Waals surface area contributed by atoms with Crippen molar-refractivity contribution in [1.29, 1.82) is 0 Å². The number of nitrogens with two attached hydrogens (primary N) is 1. The Balaban J connectivity index is 1.91. The number of piperidine rings is 1. The molecule has 2 aliphatic rings. The van der Waals surface area contributed by atoms with Crippen molar-refractivity contribution in [2.45, 2.75) is 64.1 Å². The van der Waals surface area contributed by atoms with Gasteiger partial charge >= 0.3 is 6.09 Å². The van der Waals surface area contributed by atoms with E-state index in [1.165, 1.54) is 11.3 Å². The minimum absolute atomic E-state index is 0.0992. The quantitative estimate of drug-likeness (QED) is 0.798. The van der Waals surface area contributed by atoms with Gasteiger partial charge in [-0.15, -0.1) is 0 Å². The van der Waals surface area contributed by atoms with E-state index in [1.54, 1.807) is 0 Å². The predicted molar refractivity (Wildman–Crippen MR) is 78.7 cm³/mol. The molecule has 20 heavy (non-hydrogen) atoms. The molecule has 3 heterocycles. The van der Waals surface area contributed by atoms with Gasteiger partial charge in [0.2, 0.25) is 0 Å². The molecule has 1 saturated heterocycles. The predicted octanol–water partition coefficient (Wildman–Crippen LogP) is 3.11. The molecule has 1 fully saturated rings. The molecular weight excluding hydrogens is 274 g/mol. The Bertz CT molecular complexity index is 535. The Labute approximate surface area is 123 Å². The summed E-state index contributed by atoms with van der Waals surface area (Å²) in [5.41, 5.74) is 6.46. The minimum atomic E-state index is -0.460. The van der Waals surface area contributed by atoms with Crippen LogP contribution in [0, 0.1) is 0 Å². The maximum atomic E-state index is 12.5. The number of rotatable bonds is 0. The highest BCUT2D eigenvalue weighted by Gasteiger charge is 2.43. The Morgan fingerprint density at radius 1 is 1.45 bits per heavy atom. The first-order chi connectivity index (χ1) is 9.35. The van der Waals surface area contributed by atoms with Gasteiger partial charge in [-0.3, -0.25) is 4.90 Å². The van der Waals surface area contributed by atoms with E-state index in [4.69, 9.17) is 10.5 Å². The lowest BCUT2D eigenvalue weighted by molar-refractivity contribution is -0.00911. The van der Waals surface area contributed by atoms with E-state index >= 15 is 0 Å². The van der Waals surface area contributed by atoms with Crippen molar-refractivity contribution in [3.05, 3.63) is 10.6 Å². The highest BCUT2D eigenvalue weighted by molar-refractivity contribution is 7.15. The smallest absolute Gasteiger partial charge is 0.411 e. The third-order valence-corrected chi connectivity index (χ3v) is 4.85. The number of thiazole rings is 1. The number of aromatic nitrogens is 1. The average Bonchev–Trinajstić information content (AvgIpc) is 2.66. The van der Waals surface area contributed by atoms with Gasteiger partial charge in [0.05, 0.1) is 16.6 Å². The topological polar surface area (TPSA) is 68.5 Å². The van der Waals surface area contributed by atoms with Crippen LogP contribution in [0.2, 0.25) is 0 Å². The molecule has 2 atom stereocenters. The lowest BCUT2D eigenvalue weighted by Crippen LogP contribution is -2.51. The molecule has 1 amide bonds. The van der Waals surface area contributed by atoms with Crippen LogP contribution in [-0.4, -0.2) is 27.6 Å². The molecule has 0 radical (unpaired) electrons. The molecule has 2 unspecified atom stereocenters. The normalized spacial score (nSPS) is 25.2. The molecular formula is C14H21N3O2S. The Hall–Kier alpha value is -1.30. The fourth-order valence-corrected chi connectivity index (χ4v) is 4.14. The summed E-state index contributed by atoms with van der Waals surface area (Å²) in [6.45, 7) is 5.71. The summed E-state index contributed by atoms with van der Waals surface area (Å²) < 4.78 is 5.58. The minimum Gasteiger partial charge on any atom is -0.444 e. The van der Waals surface area contributed by atoms with Gasteiger partial charge in [0.25, 0.3) is 0 Å². The van der Waals surface area contributed by atoms with E-state index in [1.807, 2.05) is 25.7 Å². The fourth-order valence-electron chi connectivity index (χ4n) is 3.14. The van der Waals surface area contributed by atoms with Gasteiger partial charge in [-0.2, -0.15) is 0 Å². The largest absolute Gasteiger partial charge is 0.444 e. The molecule has 3 rings (SSSR count). The molecule has 2 aliphatic heterocycles. The van der Waals surface area contributed by atoms with Crippen molar-refractivity contribution in [1.82, 2.24) is 9.88 Å². The van der Waals surface area contributed by atoms with Gasteiger partial charge in [-0.1, -0.05) is 11.3 Å². The van der Waals surface area contributed by atoms with E-state index in [2.05, 4.69) is 4.98 Å². The molecule has 6 heteroatoms. The van der Waals surface area contributed by atoms with Crippen LogP contribution in [0.5, 0.6) is 0 Å². The van der Waals surface area contributed by atoms with Crippen molar-refractivity contribution < 1.29 is 9.53 Å². The lowest BCUT2D eigenvalue weighted by Gasteiger charge is -2.45. The Kier molecular flexibility index (Phi) is 3.16. The van der Waals surface area contributed by atoms with Gasteiger partial charge < -0.3 is 10.5 Å². The molecule has 5 nitrogen and oxygen atoms in total. The second-order valence-electron chi connectivity index (χ2n) is 6.56. The number of carbonyl (C=O) groups excluding carboxylic acids is 1. The zero-order valence-corrected chi connectivity index (χ0v) is 13.0. The van der Waals surface area contributed by atoms with Gasteiger partial charge in [0.1, 0.15) is 5.60 Å². The average molecular weight is 295 g/mol. The van der Waals surface area contributed by atoms with Gasteiger partial charge in [-0.25, -0.2) is 9.78 Å². The maximum Gasteiger partial charge on any atom is 0.411 e. The third-order valence-electron chi connectivity index (χ3n) is 3.82. The number of nitrogen functional groups attached to an aromatic ring is 1. The first-order valence-corrected chi connectivity index (χ1v) is 7.93. The number of anilines is 1. The molecule has 1 aromatic rings. The highest BCUT2D eigenvalue weighted by Crippen LogP contribution is 2.45. The second kappa shape index (κ2) is 4.62. The summed E-state index contributed by atoms with van der Waals surface area (Å²) in [6, 6.07) is 0.305.